The normalized spacial score (nSPS) is 18.5. The highest BCUT2D eigenvalue weighted by Gasteiger charge is 2.53. The standard InChI is InChI=1S/C26H27N3O2/c1-19-14-15-23(16-20(19)2)26(22-12-8-5-9-13-22)24(30)29(25(31)27-26)18-28(3)17-21-10-6-4-7-11-21/h4-16H,17-18H2,1-3H3,(H,27,31)/t26-/m1/s1. The van der Waals surface area contributed by atoms with Crippen molar-refractivity contribution in [2.75, 3.05) is 13.7 Å². The number of amides is 3. The van der Waals surface area contributed by atoms with Crippen LogP contribution in [0.1, 0.15) is 27.8 Å². The van der Waals surface area contributed by atoms with Crippen molar-refractivity contribution in [3.8, 4) is 0 Å². The third-order valence-corrected chi connectivity index (χ3v) is 5.93. The molecule has 3 aromatic rings. The zero-order valence-corrected chi connectivity index (χ0v) is 18.1. The number of nitrogens with one attached hydrogen (secondary N) is 1. The summed E-state index contributed by atoms with van der Waals surface area (Å²) in [6, 6.07) is 25.0. The molecule has 1 fully saturated rings. The lowest BCUT2D eigenvalue weighted by molar-refractivity contribution is -0.131. The Labute approximate surface area is 183 Å². The van der Waals surface area contributed by atoms with Gasteiger partial charge in [-0.1, -0.05) is 78.9 Å². The van der Waals surface area contributed by atoms with Crippen molar-refractivity contribution in [1.29, 1.82) is 0 Å². The lowest BCUT2D eigenvalue weighted by Crippen LogP contribution is -2.46. The van der Waals surface area contributed by atoms with Crippen LogP contribution < -0.4 is 5.32 Å². The first-order chi connectivity index (χ1) is 14.9. The van der Waals surface area contributed by atoms with Crippen molar-refractivity contribution < 1.29 is 9.59 Å². The first-order valence-electron chi connectivity index (χ1n) is 10.4. The van der Waals surface area contributed by atoms with Gasteiger partial charge in [0.1, 0.15) is 0 Å². The number of carbonyl (C=O) groups is 2. The molecular weight excluding hydrogens is 386 g/mol. The van der Waals surface area contributed by atoms with Crippen LogP contribution >= 0.6 is 0 Å². The summed E-state index contributed by atoms with van der Waals surface area (Å²) in [5.74, 6) is -0.258. The SMILES string of the molecule is Cc1ccc([C@@]2(c3ccccc3)NC(=O)N(CN(C)Cc3ccccc3)C2=O)cc1C. The number of aryl methyl sites for hydroxylation is 2. The molecule has 0 bridgehead atoms. The van der Waals surface area contributed by atoms with Crippen LogP contribution in [0.5, 0.6) is 0 Å². The fourth-order valence-electron chi connectivity index (χ4n) is 4.11. The molecule has 0 spiro atoms. The van der Waals surface area contributed by atoms with Gasteiger partial charge in [-0.3, -0.25) is 9.69 Å². The van der Waals surface area contributed by atoms with E-state index in [0.29, 0.717) is 6.54 Å². The first kappa shape index (κ1) is 20.8. The van der Waals surface area contributed by atoms with Crippen molar-refractivity contribution in [3.63, 3.8) is 0 Å². The molecule has 4 rings (SSSR count). The molecule has 0 aliphatic carbocycles. The topological polar surface area (TPSA) is 52.7 Å². The van der Waals surface area contributed by atoms with E-state index >= 15 is 0 Å². The van der Waals surface area contributed by atoms with E-state index in [0.717, 1.165) is 27.8 Å². The maximum atomic E-state index is 13.8. The minimum absolute atomic E-state index is 0.207. The number of carbonyl (C=O) groups excluding carboxylic acids is 2. The Bertz CT molecular complexity index is 1100. The maximum Gasteiger partial charge on any atom is 0.326 e. The van der Waals surface area contributed by atoms with Gasteiger partial charge >= 0.3 is 6.03 Å². The molecule has 5 nitrogen and oxygen atoms in total. The molecule has 1 saturated heterocycles. The highest BCUT2D eigenvalue weighted by molar-refractivity contribution is 6.09. The summed E-state index contributed by atoms with van der Waals surface area (Å²) >= 11 is 0. The minimum Gasteiger partial charge on any atom is -0.315 e. The predicted molar refractivity (Wildman–Crippen MR) is 121 cm³/mol. The van der Waals surface area contributed by atoms with Crippen LogP contribution in [0, 0.1) is 13.8 Å². The predicted octanol–water partition coefficient (Wildman–Crippen LogP) is 4.19. The van der Waals surface area contributed by atoms with E-state index < -0.39 is 5.54 Å². The summed E-state index contributed by atoms with van der Waals surface area (Å²) in [4.78, 5) is 30.2. The van der Waals surface area contributed by atoms with Crippen LogP contribution in [0.2, 0.25) is 0 Å². The Morgan fingerprint density at radius 1 is 0.839 bits per heavy atom. The van der Waals surface area contributed by atoms with Gasteiger partial charge in [-0.15, -0.1) is 0 Å². The smallest absolute Gasteiger partial charge is 0.315 e. The molecule has 3 aromatic carbocycles. The van der Waals surface area contributed by atoms with Crippen LogP contribution in [0.4, 0.5) is 4.79 Å². The molecule has 1 aliphatic heterocycles. The van der Waals surface area contributed by atoms with Crippen molar-refractivity contribution >= 4 is 11.9 Å². The van der Waals surface area contributed by atoms with E-state index in [9.17, 15) is 9.59 Å². The molecule has 3 amide bonds. The average Bonchev–Trinajstić information content (AvgIpc) is 3.02. The second-order valence-corrected chi connectivity index (χ2v) is 8.22. The lowest BCUT2D eigenvalue weighted by atomic mass is 9.81. The highest BCUT2D eigenvalue weighted by Crippen LogP contribution is 2.36. The van der Waals surface area contributed by atoms with Crippen LogP contribution in [0.15, 0.2) is 78.9 Å². The molecule has 31 heavy (non-hydrogen) atoms. The van der Waals surface area contributed by atoms with Gasteiger partial charge < -0.3 is 5.32 Å². The Hall–Kier alpha value is -3.44. The van der Waals surface area contributed by atoms with Crippen LogP contribution in [0.3, 0.4) is 0 Å². The summed E-state index contributed by atoms with van der Waals surface area (Å²) in [5, 5.41) is 3.03. The van der Waals surface area contributed by atoms with Crippen molar-refractivity contribution in [2.24, 2.45) is 0 Å². The maximum absolute atomic E-state index is 13.8. The number of rotatable bonds is 6. The van der Waals surface area contributed by atoms with Gasteiger partial charge in [0.2, 0.25) is 0 Å². The zero-order chi connectivity index (χ0) is 22.0. The van der Waals surface area contributed by atoms with E-state index in [2.05, 4.69) is 5.32 Å². The molecule has 5 heteroatoms. The Morgan fingerprint density at radius 3 is 2.13 bits per heavy atom. The molecular formula is C26H27N3O2. The van der Waals surface area contributed by atoms with Gasteiger partial charge in [-0.25, -0.2) is 9.69 Å². The summed E-state index contributed by atoms with van der Waals surface area (Å²) in [5.41, 5.74) is 3.64. The molecule has 1 heterocycles. The highest BCUT2D eigenvalue weighted by atomic mass is 16.2. The Morgan fingerprint density at radius 2 is 1.48 bits per heavy atom. The van der Waals surface area contributed by atoms with Crippen molar-refractivity contribution in [2.45, 2.75) is 25.9 Å². The average molecular weight is 414 g/mol. The molecule has 1 N–H and O–H groups in total. The van der Waals surface area contributed by atoms with Gasteiger partial charge in [-0.05, 0) is 48.7 Å². The van der Waals surface area contributed by atoms with Crippen molar-refractivity contribution in [3.05, 3.63) is 107 Å². The van der Waals surface area contributed by atoms with Crippen molar-refractivity contribution in [1.82, 2.24) is 15.1 Å². The van der Waals surface area contributed by atoms with E-state index in [1.54, 1.807) is 0 Å². The second kappa shape index (κ2) is 8.36. The summed E-state index contributed by atoms with van der Waals surface area (Å²) in [7, 11) is 1.91. The number of hydrogen-bond acceptors (Lipinski definition) is 3. The summed E-state index contributed by atoms with van der Waals surface area (Å²) in [6.45, 7) is 4.90. The molecule has 1 aliphatic rings. The quantitative estimate of drug-likeness (QED) is 0.617. The number of benzene rings is 3. The van der Waals surface area contributed by atoms with Crippen LogP contribution in [-0.4, -0.2) is 35.5 Å². The third kappa shape index (κ3) is 3.84. The molecule has 1 atom stereocenters. The van der Waals surface area contributed by atoms with Gasteiger partial charge in [0.25, 0.3) is 5.91 Å². The Kier molecular flexibility index (Phi) is 5.61. The fraction of sp³-hybridized carbons (Fsp3) is 0.231. The van der Waals surface area contributed by atoms with E-state index in [1.807, 2.05) is 105 Å². The van der Waals surface area contributed by atoms with Gasteiger partial charge in [0, 0.05) is 6.54 Å². The Balaban J connectivity index is 1.69. The molecule has 0 unspecified atom stereocenters. The number of imide groups is 1. The zero-order valence-electron chi connectivity index (χ0n) is 18.1. The molecule has 0 radical (unpaired) electrons. The second-order valence-electron chi connectivity index (χ2n) is 8.22. The van der Waals surface area contributed by atoms with Crippen LogP contribution in [0.25, 0.3) is 0 Å². The van der Waals surface area contributed by atoms with Crippen LogP contribution in [-0.2, 0) is 16.9 Å². The third-order valence-electron chi connectivity index (χ3n) is 5.93. The number of urea groups is 1. The van der Waals surface area contributed by atoms with E-state index in [-0.39, 0.29) is 18.6 Å². The van der Waals surface area contributed by atoms with E-state index in [1.165, 1.54) is 4.90 Å². The number of hydrogen-bond donors (Lipinski definition) is 1. The largest absolute Gasteiger partial charge is 0.326 e. The van der Waals surface area contributed by atoms with Gasteiger partial charge in [-0.2, -0.15) is 0 Å². The molecule has 0 saturated carbocycles. The monoisotopic (exact) mass is 413 g/mol. The minimum atomic E-state index is -1.23. The molecule has 158 valence electrons. The van der Waals surface area contributed by atoms with Gasteiger partial charge in [0.15, 0.2) is 5.54 Å². The first-order valence-corrected chi connectivity index (χ1v) is 10.4. The summed E-state index contributed by atoms with van der Waals surface area (Å²) < 4.78 is 0. The number of nitrogens with zero attached hydrogens (tertiary/aromatic N) is 2. The summed E-state index contributed by atoms with van der Waals surface area (Å²) in [6.07, 6.45) is 0. The fourth-order valence-corrected chi connectivity index (χ4v) is 4.11. The lowest BCUT2D eigenvalue weighted by Gasteiger charge is -2.29. The van der Waals surface area contributed by atoms with Gasteiger partial charge in [0.05, 0.1) is 6.67 Å². The molecule has 0 aromatic heterocycles. The van der Waals surface area contributed by atoms with E-state index in [4.69, 9.17) is 0 Å².